The molecule has 1 aliphatic heterocycles. The van der Waals surface area contributed by atoms with E-state index >= 15 is 0 Å². The predicted molar refractivity (Wildman–Crippen MR) is 122 cm³/mol. The molecule has 7 heteroatoms. The van der Waals surface area contributed by atoms with E-state index in [4.69, 9.17) is 9.47 Å². The molecule has 0 saturated heterocycles. The highest BCUT2D eigenvalue weighted by molar-refractivity contribution is 6.91. The molecule has 3 atom stereocenters. The molecule has 1 unspecified atom stereocenters. The van der Waals surface area contributed by atoms with E-state index in [1.54, 1.807) is 18.5 Å². The van der Waals surface area contributed by atoms with Gasteiger partial charge in [-0.15, -0.1) is 0 Å². The van der Waals surface area contributed by atoms with Crippen LogP contribution in [-0.4, -0.2) is 43.4 Å². The Hall–Kier alpha value is -2.67. The van der Waals surface area contributed by atoms with Gasteiger partial charge in [-0.1, -0.05) is 48.6 Å². The quantitative estimate of drug-likeness (QED) is 0.530. The lowest BCUT2D eigenvalue weighted by atomic mass is 9.65. The molecule has 6 nitrogen and oxygen atoms in total. The fourth-order valence-electron chi connectivity index (χ4n) is 5.32. The van der Waals surface area contributed by atoms with Gasteiger partial charge in [0, 0.05) is 23.9 Å². The lowest BCUT2D eigenvalue weighted by Crippen LogP contribution is -2.70. The summed E-state index contributed by atoms with van der Waals surface area (Å²) in [5.74, 6) is -0.563. The molecular weight excluding hydrogens is 408 g/mol. The van der Waals surface area contributed by atoms with Crippen molar-refractivity contribution in [3.63, 3.8) is 0 Å². The average Bonchev–Trinajstić information content (AvgIpc) is 2.91. The van der Waals surface area contributed by atoms with E-state index in [-0.39, 0.29) is 11.5 Å². The van der Waals surface area contributed by atoms with Crippen molar-refractivity contribution in [1.82, 2.24) is 4.98 Å². The number of pyridine rings is 1. The number of carbonyl (C=O) groups excluding carboxylic acids is 2. The molecule has 1 fully saturated rings. The third-order valence-electron chi connectivity index (χ3n) is 6.81. The zero-order valence-corrected chi connectivity index (χ0v) is 20.0. The largest absolute Gasteiger partial charge is 0.467 e. The molecule has 31 heavy (non-hydrogen) atoms. The number of carbonyl (C=O) groups is 2. The number of benzene rings is 1. The molecule has 2 aromatic rings. The van der Waals surface area contributed by atoms with Gasteiger partial charge in [0.2, 0.25) is 0 Å². The summed E-state index contributed by atoms with van der Waals surface area (Å²) >= 11 is 0. The van der Waals surface area contributed by atoms with Crippen molar-refractivity contribution >= 4 is 31.0 Å². The number of fused-ring (bicyclic) bond motifs is 3. The summed E-state index contributed by atoms with van der Waals surface area (Å²) < 4.78 is 11.0. The van der Waals surface area contributed by atoms with Crippen molar-refractivity contribution < 1.29 is 19.1 Å². The van der Waals surface area contributed by atoms with Crippen LogP contribution in [0.2, 0.25) is 18.6 Å². The number of aromatic nitrogens is 1. The highest BCUT2D eigenvalue weighted by atomic mass is 28.3. The van der Waals surface area contributed by atoms with Gasteiger partial charge in [0.15, 0.2) is 5.54 Å². The van der Waals surface area contributed by atoms with Crippen LogP contribution in [0.4, 0.5) is 10.5 Å². The Morgan fingerprint density at radius 3 is 2.45 bits per heavy atom. The Morgan fingerprint density at radius 1 is 1.16 bits per heavy atom. The Balaban J connectivity index is 1.84. The van der Waals surface area contributed by atoms with Gasteiger partial charge >= 0.3 is 12.1 Å². The third-order valence-corrected chi connectivity index (χ3v) is 11.0. The van der Waals surface area contributed by atoms with Crippen molar-refractivity contribution in [2.45, 2.75) is 62.9 Å². The highest BCUT2D eigenvalue weighted by Gasteiger charge is 2.72. The maximum atomic E-state index is 13.4. The Labute approximate surface area is 184 Å². The van der Waals surface area contributed by atoms with Crippen molar-refractivity contribution in [1.29, 1.82) is 0 Å². The number of ether oxygens (including phenoxy) is 2. The number of methoxy groups -OCH3 is 1. The molecule has 1 aromatic carbocycles. The van der Waals surface area contributed by atoms with Gasteiger partial charge in [-0.05, 0) is 38.8 Å². The zero-order valence-electron chi connectivity index (χ0n) is 19.0. The van der Waals surface area contributed by atoms with Crippen LogP contribution >= 0.6 is 0 Å². The Kier molecular flexibility index (Phi) is 5.00. The molecule has 0 bridgehead atoms. The van der Waals surface area contributed by atoms with E-state index in [0.29, 0.717) is 12.1 Å². The summed E-state index contributed by atoms with van der Waals surface area (Å²) in [4.78, 5) is 32.5. The summed E-state index contributed by atoms with van der Waals surface area (Å²) in [6.45, 7) is 10.1. The van der Waals surface area contributed by atoms with Gasteiger partial charge in [0.05, 0.1) is 20.9 Å². The number of nitrogens with zero attached hydrogens (tertiary/aromatic N) is 2. The van der Waals surface area contributed by atoms with Crippen molar-refractivity contribution in [2.24, 2.45) is 0 Å². The van der Waals surface area contributed by atoms with Crippen LogP contribution in [0.1, 0.15) is 38.7 Å². The van der Waals surface area contributed by atoms with Gasteiger partial charge in [-0.2, -0.15) is 0 Å². The van der Waals surface area contributed by atoms with Crippen LogP contribution in [0, 0.1) is 0 Å². The first-order valence-electron chi connectivity index (χ1n) is 10.6. The Morgan fingerprint density at radius 2 is 1.84 bits per heavy atom. The molecule has 2 aliphatic rings. The van der Waals surface area contributed by atoms with Crippen LogP contribution in [-0.2, 0) is 14.3 Å². The van der Waals surface area contributed by atoms with Crippen molar-refractivity contribution in [3.05, 3.63) is 54.4 Å². The summed E-state index contributed by atoms with van der Waals surface area (Å²) in [6.07, 6.45) is 3.47. The number of hydrogen-bond acceptors (Lipinski definition) is 5. The summed E-state index contributed by atoms with van der Waals surface area (Å²) in [5, 5.41) is 1.33. The van der Waals surface area contributed by atoms with Crippen molar-refractivity contribution in [3.8, 4) is 0 Å². The predicted octanol–water partition coefficient (Wildman–Crippen LogP) is 4.22. The summed E-state index contributed by atoms with van der Waals surface area (Å²) in [7, 11) is -0.597. The minimum atomic E-state index is -1.98. The Bertz CT molecular complexity index is 1020. The monoisotopic (exact) mass is 438 g/mol. The normalized spacial score (nSPS) is 24.6. The van der Waals surface area contributed by atoms with Gasteiger partial charge in [0.25, 0.3) is 0 Å². The van der Waals surface area contributed by atoms with Gasteiger partial charge in [-0.3, -0.25) is 9.88 Å². The van der Waals surface area contributed by atoms with Gasteiger partial charge in [0.1, 0.15) is 5.60 Å². The minimum absolute atomic E-state index is 0.168. The first-order valence-corrected chi connectivity index (χ1v) is 13.7. The molecule has 164 valence electrons. The second kappa shape index (κ2) is 7.19. The van der Waals surface area contributed by atoms with E-state index in [1.807, 2.05) is 26.8 Å². The van der Waals surface area contributed by atoms with Gasteiger partial charge in [-0.25, -0.2) is 9.59 Å². The average molecular weight is 439 g/mol. The number of anilines is 1. The maximum absolute atomic E-state index is 13.4. The first-order chi connectivity index (χ1) is 14.5. The van der Waals surface area contributed by atoms with E-state index in [0.717, 1.165) is 5.56 Å². The second-order valence-corrected chi connectivity index (χ2v) is 14.8. The fraction of sp³-hybridized carbons (Fsp3) is 0.458. The van der Waals surface area contributed by atoms with E-state index in [1.165, 1.54) is 17.2 Å². The van der Waals surface area contributed by atoms with E-state index in [2.05, 4.69) is 42.3 Å². The molecule has 4 rings (SSSR count). The summed E-state index contributed by atoms with van der Waals surface area (Å²) in [6, 6.07) is 12.3. The number of rotatable bonds is 3. The molecule has 2 heterocycles. The first kappa shape index (κ1) is 21.6. The summed E-state index contributed by atoms with van der Waals surface area (Å²) in [5.41, 5.74) is 0.100. The molecule has 1 aliphatic carbocycles. The second-order valence-electron chi connectivity index (χ2n) is 10.0. The zero-order chi connectivity index (χ0) is 22.6. The minimum Gasteiger partial charge on any atom is -0.467 e. The maximum Gasteiger partial charge on any atom is 0.415 e. The standard InChI is InChI=1S/C24H30N2O4Si/c1-23(2,3)30-22(28)26-18-12-13-25-15-17(18)20-19(14-24(20,26)21(27)29-4)31(5,6)16-10-8-7-9-11-16/h7-13,15,19-20H,14H2,1-6H3/t19-,20?,24-/m1/s1. The van der Waals surface area contributed by atoms with E-state index in [9.17, 15) is 9.59 Å². The number of hydrogen-bond donors (Lipinski definition) is 0. The molecule has 1 amide bonds. The molecule has 0 radical (unpaired) electrons. The molecule has 1 saturated carbocycles. The lowest BCUT2D eigenvalue weighted by Gasteiger charge is -2.56. The molecular formula is C24H30N2O4Si. The SMILES string of the molecule is COC(=O)[C@@]12C[C@@H]([Si](C)(C)c3ccccc3)C1c1cnccc1N2C(=O)OC(C)(C)C. The molecule has 0 N–H and O–H groups in total. The number of amides is 1. The van der Waals surface area contributed by atoms with E-state index < -0.39 is 31.3 Å². The smallest absolute Gasteiger partial charge is 0.415 e. The van der Waals surface area contributed by atoms with Crippen LogP contribution in [0.3, 0.4) is 0 Å². The molecule has 1 aromatic heterocycles. The molecule has 0 spiro atoms. The number of esters is 1. The van der Waals surface area contributed by atoms with Crippen LogP contribution in [0.15, 0.2) is 48.8 Å². The van der Waals surface area contributed by atoms with Crippen LogP contribution in [0.25, 0.3) is 0 Å². The van der Waals surface area contributed by atoms with Crippen molar-refractivity contribution in [2.75, 3.05) is 12.0 Å². The fourth-order valence-corrected chi connectivity index (χ4v) is 8.90. The topological polar surface area (TPSA) is 68.7 Å². The van der Waals surface area contributed by atoms with Gasteiger partial charge < -0.3 is 9.47 Å². The lowest BCUT2D eigenvalue weighted by molar-refractivity contribution is -0.151. The highest BCUT2D eigenvalue weighted by Crippen LogP contribution is 2.67. The van der Waals surface area contributed by atoms with Crippen LogP contribution in [0.5, 0.6) is 0 Å². The third kappa shape index (κ3) is 3.17. The van der Waals surface area contributed by atoms with Crippen LogP contribution < -0.4 is 10.1 Å².